The van der Waals surface area contributed by atoms with E-state index in [0.29, 0.717) is 18.7 Å². The van der Waals surface area contributed by atoms with Crippen molar-refractivity contribution in [2.24, 2.45) is 0 Å². The second kappa shape index (κ2) is 7.66. The molecule has 0 atom stereocenters. The maximum Gasteiger partial charge on any atom is 0.254 e. The summed E-state index contributed by atoms with van der Waals surface area (Å²) in [5, 5.41) is 4.19. The molecule has 0 radical (unpaired) electrons. The first-order chi connectivity index (χ1) is 12.2. The Morgan fingerprint density at radius 2 is 1.84 bits per heavy atom. The summed E-state index contributed by atoms with van der Waals surface area (Å²) in [7, 11) is 1.64. The Morgan fingerprint density at radius 1 is 1.12 bits per heavy atom. The quantitative estimate of drug-likeness (QED) is 0.692. The molecule has 1 heterocycles. The summed E-state index contributed by atoms with van der Waals surface area (Å²) in [6.45, 7) is 3.20. The number of benzene rings is 2. The molecule has 3 aromatic rings. The van der Waals surface area contributed by atoms with Gasteiger partial charge in [0.05, 0.1) is 12.8 Å². The molecule has 1 aromatic heterocycles. The van der Waals surface area contributed by atoms with Crippen molar-refractivity contribution in [1.29, 1.82) is 0 Å². The number of carbonyl (C=O) groups is 1. The Kier molecular flexibility index (Phi) is 5.14. The molecule has 0 aliphatic carbocycles. The Hall–Kier alpha value is -3.08. The van der Waals surface area contributed by atoms with Crippen molar-refractivity contribution >= 4 is 5.91 Å². The van der Waals surface area contributed by atoms with Crippen molar-refractivity contribution in [3.63, 3.8) is 0 Å². The van der Waals surface area contributed by atoms with Gasteiger partial charge < -0.3 is 9.64 Å². The lowest BCUT2D eigenvalue weighted by molar-refractivity contribution is 0.0752. The fourth-order valence-electron chi connectivity index (χ4n) is 2.64. The van der Waals surface area contributed by atoms with Crippen LogP contribution in [-0.4, -0.2) is 34.2 Å². The van der Waals surface area contributed by atoms with Gasteiger partial charge in [-0.25, -0.2) is 4.68 Å². The lowest BCUT2D eigenvalue weighted by atomic mass is 10.1. The summed E-state index contributed by atoms with van der Waals surface area (Å²) < 4.78 is 6.94. The van der Waals surface area contributed by atoms with E-state index in [9.17, 15) is 4.79 Å². The van der Waals surface area contributed by atoms with Crippen LogP contribution in [0, 0.1) is 0 Å². The van der Waals surface area contributed by atoms with E-state index < -0.39 is 0 Å². The van der Waals surface area contributed by atoms with Crippen LogP contribution in [0.25, 0.3) is 5.69 Å². The average Bonchev–Trinajstić information content (AvgIpc) is 3.21. The van der Waals surface area contributed by atoms with Crippen molar-refractivity contribution in [3.8, 4) is 11.4 Å². The summed E-state index contributed by atoms with van der Waals surface area (Å²) in [4.78, 5) is 14.6. The second-order valence-corrected chi connectivity index (χ2v) is 5.66. The molecular formula is C20H21N3O2. The van der Waals surface area contributed by atoms with Crippen LogP contribution in [0.15, 0.2) is 67.0 Å². The van der Waals surface area contributed by atoms with Gasteiger partial charge in [0.15, 0.2) is 0 Å². The lowest BCUT2D eigenvalue weighted by Crippen LogP contribution is -2.30. The molecule has 25 heavy (non-hydrogen) atoms. The van der Waals surface area contributed by atoms with Crippen molar-refractivity contribution in [1.82, 2.24) is 14.7 Å². The zero-order valence-corrected chi connectivity index (χ0v) is 14.4. The molecule has 3 rings (SSSR count). The van der Waals surface area contributed by atoms with E-state index in [1.54, 1.807) is 18.0 Å². The van der Waals surface area contributed by atoms with E-state index in [0.717, 1.165) is 17.0 Å². The molecule has 0 saturated heterocycles. The third kappa shape index (κ3) is 3.88. The van der Waals surface area contributed by atoms with E-state index in [2.05, 4.69) is 5.10 Å². The third-order valence-electron chi connectivity index (χ3n) is 4.08. The minimum atomic E-state index is 0.0188. The molecule has 0 spiro atoms. The van der Waals surface area contributed by atoms with Gasteiger partial charge in [0.25, 0.3) is 5.91 Å². The molecule has 0 aliphatic rings. The zero-order chi connectivity index (χ0) is 17.6. The predicted molar refractivity (Wildman–Crippen MR) is 97.0 cm³/mol. The smallest absolute Gasteiger partial charge is 0.254 e. The average molecular weight is 335 g/mol. The van der Waals surface area contributed by atoms with Crippen LogP contribution >= 0.6 is 0 Å². The topological polar surface area (TPSA) is 47.4 Å². The SMILES string of the molecule is CCN(Cc1ccc(OC)cc1)C(=O)c1ccc(-n2cccn2)cc1. The molecule has 0 unspecified atom stereocenters. The monoisotopic (exact) mass is 335 g/mol. The standard InChI is InChI=1S/C20H21N3O2/c1-3-22(15-16-5-11-19(25-2)12-6-16)20(24)17-7-9-18(10-8-17)23-14-4-13-21-23/h4-14H,3,15H2,1-2H3. The van der Waals surface area contributed by atoms with Gasteiger partial charge >= 0.3 is 0 Å². The lowest BCUT2D eigenvalue weighted by Gasteiger charge is -2.21. The van der Waals surface area contributed by atoms with Gasteiger partial charge in [-0.3, -0.25) is 4.79 Å². The van der Waals surface area contributed by atoms with Gasteiger partial charge in [0.1, 0.15) is 5.75 Å². The van der Waals surface area contributed by atoms with Gasteiger partial charge in [0.2, 0.25) is 0 Å². The van der Waals surface area contributed by atoms with Crippen molar-refractivity contribution < 1.29 is 9.53 Å². The van der Waals surface area contributed by atoms with Crippen LogP contribution in [0.3, 0.4) is 0 Å². The molecule has 2 aromatic carbocycles. The number of hydrogen-bond donors (Lipinski definition) is 0. The molecule has 0 saturated carbocycles. The molecule has 0 N–H and O–H groups in total. The van der Waals surface area contributed by atoms with E-state index in [1.807, 2.05) is 72.6 Å². The molecule has 1 amide bonds. The molecule has 0 aliphatic heterocycles. The Labute approximate surface area is 147 Å². The number of ether oxygens (including phenoxy) is 1. The van der Waals surface area contributed by atoms with E-state index in [-0.39, 0.29) is 5.91 Å². The van der Waals surface area contributed by atoms with Crippen molar-refractivity contribution in [3.05, 3.63) is 78.1 Å². The van der Waals surface area contributed by atoms with Gasteiger partial charge in [-0.15, -0.1) is 0 Å². The number of nitrogens with zero attached hydrogens (tertiary/aromatic N) is 3. The summed E-state index contributed by atoms with van der Waals surface area (Å²) in [6, 6.07) is 17.1. The van der Waals surface area contributed by atoms with E-state index in [1.165, 1.54) is 0 Å². The number of carbonyl (C=O) groups excluding carboxylic acids is 1. The number of rotatable bonds is 6. The molecule has 0 fully saturated rings. The Balaban J connectivity index is 1.72. The van der Waals surface area contributed by atoms with Crippen LogP contribution < -0.4 is 4.74 Å². The van der Waals surface area contributed by atoms with E-state index in [4.69, 9.17) is 4.74 Å². The van der Waals surface area contributed by atoms with Crippen LogP contribution in [0.5, 0.6) is 5.75 Å². The second-order valence-electron chi connectivity index (χ2n) is 5.66. The fourth-order valence-corrected chi connectivity index (χ4v) is 2.64. The normalized spacial score (nSPS) is 10.5. The summed E-state index contributed by atoms with van der Waals surface area (Å²) in [6.07, 6.45) is 3.60. The molecule has 128 valence electrons. The third-order valence-corrected chi connectivity index (χ3v) is 4.08. The highest BCUT2D eigenvalue weighted by Crippen LogP contribution is 2.16. The number of amides is 1. The maximum absolute atomic E-state index is 12.8. The van der Waals surface area contributed by atoms with Crippen LogP contribution in [0.1, 0.15) is 22.8 Å². The molecular weight excluding hydrogens is 314 g/mol. The highest BCUT2D eigenvalue weighted by molar-refractivity contribution is 5.94. The number of hydrogen-bond acceptors (Lipinski definition) is 3. The first-order valence-corrected chi connectivity index (χ1v) is 8.23. The van der Waals surface area contributed by atoms with Crippen molar-refractivity contribution in [2.75, 3.05) is 13.7 Å². The Bertz CT molecular complexity index is 809. The van der Waals surface area contributed by atoms with Gasteiger partial charge in [-0.2, -0.15) is 5.10 Å². The Morgan fingerprint density at radius 3 is 2.40 bits per heavy atom. The highest BCUT2D eigenvalue weighted by Gasteiger charge is 2.14. The fraction of sp³-hybridized carbons (Fsp3) is 0.200. The number of aromatic nitrogens is 2. The molecule has 5 heteroatoms. The van der Waals surface area contributed by atoms with Gasteiger partial charge in [-0.1, -0.05) is 12.1 Å². The van der Waals surface area contributed by atoms with Crippen LogP contribution in [0.2, 0.25) is 0 Å². The minimum absolute atomic E-state index is 0.0188. The predicted octanol–water partition coefficient (Wildman–Crippen LogP) is 3.54. The molecule has 5 nitrogen and oxygen atoms in total. The first kappa shape index (κ1) is 16.8. The van der Waals surface area contributed by atoms with E-state index >= 15 is 0 Å². The summed E-state index contributed by atoms with van der Waals surface area (Å²) >= 11 is 0. The minimum Gasteiger partial charge on any atom is -0.497 e. The van der Waals surface area contributed by atoms with Gasteiger partial charge in [0, 0.05) is 31.0 Å². The molecule has 0 bridgehead atoms. The summed E-state index contributed by atoms with van der Waals surface area (Å²) in [5.41, 5.74) is 2.68. The highest BCUT2D eigenvalue weighted by atomic mass is 16.5. The van der Waals surface area contributed by atoms with Crippen LogP contribution in [-0.2, 0) is 6.54 Å². The first-order valence-electron chi connectivity index (χ1n) is 8.23. The van der Waals surface area contributed by atoms with Crippen LogP contribution in [0.4, 0.5) is 0 Å². The largest absolute Gasteiger partial charge is 0.497 e. The maximum atomic E-state index is 12.8. The van der Waals surface area contributed by atoms with Gasteiger partial charge in [-0.05, 0) is 55.0 Å². The van der Waals surface area contributed by atoms with Crippen molar-refractivity contribution in [2.45, 2.75) is 13.5 Å². The zero-order valence-electron chi connectivity index (χ0n) is 14.4. The summed E-state index contributed by atoms with van der Waals surface area (Å²) in [5.74, 6) is 0.831. The number of methoxy groups -OCH3 is 1.